The Bertz CT molecular complexity index is 465. The van der Waals surface area contributed by atoms with Crippen LogP contribution in [0.25, 0.3) is 0 Å². The summed E-state index contributed by atoms with van der Waals surface area (Å²) < 4.78 is 10.5. The molecule has 0 saturated carbocycles. The van der Waals surface area contributed by atoms with Crippen molar-refractivity contribution in [2.75, 3.05) is 0 Å². The van der Waals surface area contributed by atoms with Crippen LogP contribution in [-0.2, 0) is 19.6 Å². The summed E-state index contributed by atoms with van der Waals surface area (Å²) in [6, 6.07) is 7.62. The number of hydrogen-bond acceptors (Lipinski definition) is 5. The van der Waals surface area contributed by atoms with Crippen molar-refractivity contribution in [2.45, 2.75) is 26.5 Å². The van der Waals surface area contributed by atoms with E-state index in [0.717, 1.165) is 17.7 Å². The number of rotatable bonds is 5. The van der Waals surface area contributed by atoms with E-state index in [2.05, 4.69) is 10.1 Å². The fourth-order valence-electron chi connectivity index (χ4n) is 1.36. The lowest BCUT2D eigenvalue weighted by atomic mass is 10.2. The average molecular weight is 233 g/mol. The number of nitrogens with zero attached hydrogens (tertiary/aromatic N) is 2. The van der Waals surface area contributed by atoms with Crippen LogP contribution >= 0.6 is 0 Å². The Hall–Kier alpha value is -1.88. The fourth-order valence-corrected chi connectivity index (χ4v) is 1.36. The Morgan fingerprint density at radius 2 is 2.06 bits per heavy atom. The Morgan fingerprint density at radius 1 is 1.29 bits per heavy atom. The molecule has 1 aromatic carbocycles. The molecule has 0 aliphatic rings. The van der Waals surface area contributed by atoms with Gasteiger partial charge in [0.15, 0.2) is 6.61 Å². The van der Waals surface area contributed by atoms with E-state index in [0.29, 0.717) is 24.9 Å². The fraction of sp³-hybridized carbons (Fsp3) is 0.333. The summed E-state index contributed by atoms with van der Waals surface area (Å²) >= 11 is 0. The first-order valence-corrected chi connectivity index (χ1v) is 5.55. The van der Waals surface area contributed by atoms with Crippen LogP contribution in [0.2, 0.25) is 0 Å². The lowest BCUT2D eigenvalue weighted by Crippen LogP contribution is -1.99. The van der Waals surface area contributed by atoms with Crippen LogP contribution in [0.1, 0.15) is 24.2 Å². The van der Waals surface area contributed by atoms with Gasteiger partial charge in [-0.25, -0.2) is 0 Å². The minimum atomic E-state index is 0.311. The standard InChI is InChI=1S/C12H15N3O2/c1-2-12-14-11(15-17-12)8-16-10-5-3-9(7-13)4-6-10/h3-6H,2,7-8,13H2,1H3. The molecule has 2 N–H and O–H groups in total. The lowest BCUT2D eigenvalue weighted by molar-refractivity contribution is 0.285. The van der Waals surface area contributed by atoms with Gasteiger partial charge in [0.05, 0.1) is 0 Å². The number of nitrogens with two attached hydrogens (primary N) is 1. The third-order valence-corrected chi connectivity index (χ3v) is 2.34. The summed E-state index contributed by atoms with van der Waals surface area (Å²) in [7, 11) is 0. The molecule has 0 atom stereocenters. The zero-order valence-electron chi connectivity index (χ0n) is 9.72. The molecule has 0 bridgehead atoms. The van der Waals surface area contributed by atoms with Crippen LogP contribution in [0.3, 0.4) is 0 Å². The van der Waals surface area contributed by atoms with Gasteiger partial charge in [0.2, 0.25) is 11.7 Å². The van der Waals surface area contributed by atoms with E-state index >= 15 is 0 Å². The Kier molecular flexibility index (Phi) is 3.72. The molecule has 2 rings (SSSR count). The molecular formula is C12H15N3O2. The highest BCUT2D eigenvalue weighted by Crippen LogP contribution is 2.13. The topological polar surface area (TPSA) is 74.2 Å². The van der Waals surface area contributed by atoms with E-state index < -0.39 is 0 Å². The van der Waals surface area contributed by atoms with Crippen LogP contribution < -0.4 is 10.5 Å². The van der Waals surface area contributed by atoms with Crippen molar-refractivity contribution in [2.24, 2.45) is 5.73 Å². The second kappa shape index (κ2) is 5.45. The molecule has 5 heteroatoms. The van der Waals surface area contributed by atoms with Crippen LogP contribution in [0, 0.1) is 0 Å². The molecule has 90 valence electrons. The van der Waals surface area contributed by atoms with Crippen molar-refractivity contribution in [1.29, 1.82) is 0 Å². The maximum Gasteiger partial charge on any atom is 0.226 e. The van der Waals surface area contributed by atoms with Gasteiger partial charge in [-0.05, 0) is 17.7 Å². The molecule has 0 saturated heterocycles. The Morgan fingerprint density at radius 3 is 2.65 bits per heavy atom. The van der Waals surface area contributed by atoms with Gasteiger partial charge in [-0.2, -0.15) is 4.98 Å². The highest BCUT2D eigenvalue weighted by atomic mass is 16.5. The molecule has 0 radical (unpaired) electrons. The Balaban J connectivity index is 1.92. The first-order chi connectivity index (χ1) is 8.31. The highest BCUT2D eigenvalue weighted by Gasteiger charge is 2.04. The van der Waals surface area contributed by atoms with Crippen molar-refractivity contribution in [1.82, 2.24) is 10.1 Å². The van der Waals surface area contributed by atoms with Crippen LogP contribution in [0.5, 0.6) is 5.75 Å². The number of aryl methyl sites for hydroxylation is 1. The third kappa shape index (κ3) is 3.04. The summed E-state index contributed by atoms with van der Waals surface area (Å²) in [6.45, 7) is 2.81. The van der Waals surface area contributed by atoms with Crippen molar-refractivity contribution in [3.63, 3.8) is 0 Å². The quantitative estimate of drug-likeness (QED) is 0.850. The molecule has 0 aliphatic carbocycles. The van der Waals surface area contributed by atoms with Crippen molar-refractivity contribution in [3.8, 4) is 5.75 Å². The van der Waals surface area contributed by atoms with Crippen molar-refractivity contribution in [3.05, 3.63) is 41.5 Å². The molecule has 0 amide bonds. The predicted molar refractivity (Wildman–Crippen MR) is 62.3 cm³/mol. The number of aromatic nitrogens is 2. The normalized spacial score (nSPS) is 10.5. The van der Waals surface area contributed by atoms with E-state index in [1.165, 1.54) is 0 Å². The van der Waals surface area contributed by atoms with Gasteiger partial charge in [0.1, 0.15) is 5.75 Å². The molecular weight excluding hydrogens is 218 g/mol. The molecule has 0 unspecified atom stereocenters. The summed E-state index contributed by atoms with van der Waals surface area (Å²) in [6.07, 6.45) is 0.734. The van der Waals surface area contributed by atoms with Gasteiger partial charge in [0.25, 0.3) is 0 Å². The third-order valence-electron chi connectivity index (χ3n) is 2.34. The zero-order valence-corrected chi connectivity index (χ0v) is 9.72. The number of ether oxygens (including phenoxy) is 1. The van der Waals surface area contributed by atoms with Crippen molar-refractivity contribution < 1.29 is 9.26 Å². The van der Waals surface area contributed by atoms with E-state index in [-0.39, 0.29) is 0 Å². The SMILES string of the molecule is CCc1nc(COc2ccc(CN)cc2)no1. The summed E-state index contributed by atoms with van der Waals surface area (Å²) in [5, 5.41) is 3.80. The largest absolute Gasteiger partial charge is 0.485 e. The summed E-state index contributed by atoms with van der Waals surface area (Å²) in [5.74, 6) is 1.96. The first kappa shape index (κ1) is 11.6. The molecule has 0 spiro atoms. The average Bonchev–Trinajstić information content (AvgIpc) is 2.85. The van der Waals surface area contributed by atoms with Gasteiger partial charge in [-0.3, -0.25) is 0 Å². The second-order valence-corrected chi connectivity index (χ2v) is 3.59. The molecule has 1 heterocycles. The number of hydrogen-bond donors (Lipinski definition) is 1. The lowest BCUT2D eigenvalue weighted by Gasteiger charge is -2.03. The van der Waals surface area contributed by atoms with Crippen LogP contribution in [0.4, 0.5) is 0 Å². The molecule has 2 aromatic rings. The number of benzene rings is 1. The molecule has 0 aliphatic heterocycles. The van der Waals surface area contributed by atoms with Crippen LogP contribution in [-0.4, -0.2) is 10.1 Å². The van der Waals surface area contributed by atoms with Gasteiger partial charge >= 0.3 is 0 Å². The summed E-state index contributed by atoms with van der Waals surface area (Å²) in [4.78, 5) is 4.15. The van der Waals surface area contributed by atoms with Crippen molar-refractivity contribution >= 4 is 0 Å². The maximum absolute atomic E-state index is 5.52. The predicted octanol–water partition coefficient (Wildman–Crippen LogP) is 1.67. The molecule has 1 aromatic heterocycles. The minimum Gasteiger partial charge on any atom is -0.485 e. The Labute approximate surface area is 99.6 Å². The van der Waals surface area contributed by atoms with E-state index in [4.69, 9.17) is 15.0 Å². The van der Waals surface area contributed by atoms with Gasteiger partial charge in [0, 0.05) is 13.0 Å². The second-order valence-electron chi connectivity index (χ2n) is 3.59. The van der Waals surface area contributed by atoms with E-state index in [9.17, 15) is 0 Å². The summed E-state index contributed by atoms with van der Waals surface area (Å²) in [5.41, 5.74) is 6.58. The van der Waals surface area contributed by atoms with Gasteiger partial charge in [-0.15, -0.1) is 0 Å². The monoisotopic (exact) mass is 233 g/mol. The van der Waals surface area contributed by atoms with Gasteiger partial charge in [-0.1, -0.05) is 24.2 Å². The van der Waals surface area contributed by atoms with E-state index in [1.54, 1.807) is 0 Å². The maximum atomic E-state index is 5.52. The smallest absolute Gasteiger partial charge is 0.226 e. The highest BCUT2D eigenvalue weighted by molar-refractivity contribution is 5.27. The first-order valence-electron chi connectivity index (χ1n) is 5.55. The molecule has 5 nitrogen and oxygen atoms in total. The molecule has 17 heavy (non-hydrogen) atoms. The van der Waals surface area contributed by atoms with E-state index in [1.807, 2.05) is 31.2 Å². The zero-order chi connectivity index (χ0) is 12.1. The molecule has 0 fully saturated rings. The minimum absolute atomic E-state index is 0.311. The van der Waals surface area contributed by atoms with Gasteiger partial charge < -0.3 is 15.0 Å². The van der Waals surface area contributed by atoms with Crippen LogP contribution in [0.15, 0.2) is 28.8 Å².